The van der Waals surface area contributed by atoms with Crippen molar-refractivity contribution in [3.63, 3.8) is 0 Å². The molecule has 1 atom stereocenters. The Morgan fingerprint density at radius 1 is 1.45 bits per heavy atom. The molecule has 0 saturated heterocycles. The molecule has 0 radical (unpaired) electrons. The number of likely N-dealkylation sites (N-methyl/N-ethyl adjacent to an activating group) is 1. The zero-order chi connectivity index (χ0) is 8.69. The van der Waals surface area contributed by atoms with Crippen LogP contribution in [-0.2, 0) is 0 Å². The van der Waals surface area contributed by atoms with Gasteiger partial charge >= 0.3 is 0 Å². The Labute approximate surface area is 74.7 Å². The number of nitrogens with one attached hydrogen (secondary N) is 1. The molecule has 68 valence electrons. The number of nitrogens with zero attached hydrogens (tertiary/aromatic N) is 1. The third-order valence-corrected chi connectivity index (χ3v) is 2.42. The maximum absolute atomic E-state index is 3.40. The molecule has 0 aliphatic heterocycles. The fourth-order valence-corrected chi connectivity index (χ4v) is 1.02. The van der Waals surface area contributed by atoms with Crippen LogP contribution in [-0.4, -0.2) is 50.1 Å². The van der Waals surface area contributed by atoms with Gasteiger partial charge in [0.25, 0.3) is 0 Å². The first-order valence-electron chi connectivity index (χ1n) is 4.04. The average molecular weight is 176 g/mol. The fraction of sp³-hybridized carbons (Fsp3) is 1.00. The summed E-state index contributed by atoms with van der Waals surface area (Å²) in [6.07, 6.45) is 2.14. The minimum atomic E-state index is 0.636. The lowest BCUT2D eigenvalue weighted by atomic mass is 10.3. The molecule has 0 fully saturated rings. The largest absolute Gasteiger partial charge is 0.314 e. The first-order chi connectivity index (χ1) is 5.18. The quantitative estimate of drug-likeness (QED) is 0.605. The molecule has 0 aromatic heterocycles. The molecular weight excluding hydrogens is 156 g/mol. The van der Waals surface area contributed by atoms with Gasteiger partial charge in [-0.3, -0.25) is 0 Å². The van der Waals surface area contributed by atoms with E-state index in [9.17, 15) is 0 Å². The molecule has 1 unspecified atom stereocenters. The van der Waals surface area contributed by atoms with Crippen LogP contribution in [0.4, 0.5) is 0 Å². The van der Waals surface area contributed by atoms with Crippen molar-refractivity contribution >= 4 is 11.8 Å². The van der Waals surface area contributed by atoms with E-state index in [2.05, 4.69) is 37.5 Å². The third-order valence-electron chi connectivity index (χ3n) is 1.80. The van der Waals surface area contributed by atoms with E-state index in [0.717, 1.165) is 13.1 Å². The maximum Gasteiger partial charge on any atom is 0.0186 e. The van der Waals surface area contributed by atoms with E-state index in [0.29, 0.717) is 6.04 Å². The maximum atomic E-state index is 3.40. The Morgan fingerprint density at radius 2 is 2.09 bits per heavy atom. The Balaban J connectivity index is 3.10. The lowest BCUT2D eigenvalue weighted by Gasteiger charge is -2.19. The van der Waals surface area contributed by atoms with Crippen LogP contribution < -0.4 is 5.32 Å². The third kappa shape index (κ3) is 6.66. The zero-order valence-corrected chi connectivity index (χ0v) is 8.87. The summed E-state index contributed by atoms with van der Waals surface area (Å²) in [7, 11) is 4.22. The molecule has 0 bridgehead atoms. The molecule has 0 heterocycles. The number of hydrogen-bond acceptors (Lipinski definition) is 3. The minimum Gasteiger partial charge on any atom is -0.314 e. The highest BCUT2D eigenvalue weighted by molar-refractivity contribution is 7.98. The van der Waals surface area contributed by atoms with Crippen molar-refractivity contribution in [1.82, 2.24) is 10.2 Å². The molecule has 3 heteroatoms. The van der Waals surface area contributed by atoms with E-state index in [1.54, 1.807) is 0 Å². The molecule has 0 aromatic carbocycles. The molecule has 0 saturated carbocycles. The van der Waals surface area contributed by atoms with E-state index in [1.807, 2.05) is 11.8 Å². The standard InChI is InChI=1S/C8H20N2S/c1-8(10(2)3)7-9-5-6-11-4/h8-9H,5-7H2,1-4H3. The molecule has 2 nitrogen and oxygen atoms in total. The van der Waals surface area contributed by atoms with Gasteiger partial charge in [0.15, 0.2) is 0 Å². The van der Waals surface area contributed by atoms with E-state index >= 15 is 0 Å². The van der Waals surface area contributed by atoms with Crippen LogP contribution in [0.5, 0.6) is 0 Å². The van der Waals surface area contributed by atoms with Crippen molar-refractivity contribution in [2.24, 2.45) is 0 Å². The Hall–Kier alpha value is 0.270. The van der Waals surface area contributed by atoms with Crippen LogP contribution in [0.25, 0.3) is 0 Å². The summed E-state index contributed by atoms with van der Waals surface area (Å²) in [5.74, 6) is 1.21. The molecular formula is C8H20N2S. The van der Waals surface area contributed by atoms with Crippen LogP contribution >= 0.6 is 11.8 Å². The van der Waals surface area contributed by atoms with Gasteiger partial charge in [0.05, 0.1) is 0 Å². The second kappa shape index (κ2) is 6.95. The number of hydrogen-bond donors (Lipinski definition) is 1. The van der Waals surface area contributed by atoms with Crippen molar-refractivity contribution in [3.8, 4) is 0 Å². The van der Waals surface area contributed by atoms with E-state index in [1.165, 1.54) is 5.75 Å². The van der Waals surface area contributed by atoms with Crippen molar-refractivity contribution in [3.05, 3.63) is 0 Å². The van der Waals surface area contributed by atoms with Gasteiger partial charge in [-0.05, 0) is 27.3 Å². The van der Waals surface area contributed by atoms with Crippen LogP contribution in [0.1, 0.15) is 6.92 Å². The Kier molecular flexibility index (Phi) is 7.12. The molecule has 1 N–H and O–H groups in total. The first-order valence-corrected chi connectivity index (χ1v) is 5.44. The Morgan fingerprint density at radius 3 is 2.55 bits per heavy atom. The number of thioether (sulfide) groups is 1. The molecule has 11 heavy (non-hydrogen) atoms. The van der Waals surface area contributed by atoms with Gasteiger partial charge in [0.2, 0.25) is 0 Å². The van der Waals surface area contributed by atoms with Crippen LogP contribution in [0.3, 0.4) is 0 Å². The molecule has 0 rings (SSSR count). The summed E-state index contributed by atoms with van der Waals surface area (Å²) < 4.78 is 0. The summed E-state index contributed by atoms with van der Waals surface area (Å²) >= 11 is 1.89. The fourth-order valence-electron chi connectivity index (χ4n) is 0.668. The smallest absolute Gasteiger partial charge is 0.0186 e. The summed E-state index contributed by atoms with van der Waals surface area (Å²) in [6.45, 7) is 4.44. The second-order valence-corrected chi connectivity index (χ2v) is 4.00. The van der Waals surface area contributed by atoms with Gasteiger partial charge in [-0.15, -0.1) is 0 Å². The first kappa shape index (κ1) is 11.3. The lowest BCUT2D eigenvalue weighted by molar-refractivity contribution is 0.305. The Bertz CT molecular complexity index is 86.2. The van der Waals surface area contributed by atoms with Crippen molar-refractivity contribution < 1.29 is 0 Å². The highest BCUT2D eigenvalue weighted by Gasteiger charge is 2.01. The molecule has 0 aliphatic carbocycles. The van der Waals surface area contributed by atoms with Crippen molar-refractivity contribution in [2.45, 2.75) is 13.0 Å². The summed E-state index contributed by atoms with van der Waals surface area (Å²) in [4.78, 5) is 2.23. The van der Waals surface area contributed by atoms with Crippen LogP contribution in [0.15, 0.2) is 0 Å². The normalized spacial score (nSPS) is 13.9. The van der Waals surface area contributed by atoms with E-state index in [-0.39, 0.29) is 0 Å². The summed E-state index contributed by atoms with van der Waals surface area (Å²) in [6, 6.07) is 0.636. The van der Waals surface area contributed by atoms with Crippen LogP contribution in [0, 0.1) is 0 Å². The van der Waals surface area contributed by atoms with E-state index < -0.39 is 0 Å². The van der Waals surface area contributed by atoms with Crippen molar-refractivity contribution in [2.75, 3.05) is 39.2 Å². The summed E-state index contributed by atoms with van der Waals surface area (Å²) in [5, 5.41) is 3.40. The van der Waals surface area contributed by atoms with Gasteiger partial charge in [0.1, 0.15) is 0 Å². The molecule has 0 spiro atoms. The van der Waals surface area contributed by atoms with Gasteiger partial charge in [-0.25, -0.2) is 0 Å². The predicted molar refractivity (Wildman–Crippen MR) is 54.4 cm³/mol. The van der Waals surface area contributed by atoms with E-state index in [4.69, 9.17) is 0 Å². The van der Waals surface area contributed by atoms with Gasteiger partial charge in [0, 0.05) is 24.9 Å². The highest BCUT2D eigenvalue weighted by atomic mass is 32.2. The van der Waals surface area contributed by atoms with Gasteiger partial charge in [-0.1, -0.05) is 0 Å². The number of rotatable bonds is 6. The van der Waals surface area contributed by atoms with Gasteiger partial charge in [-0.2, -0.15) is 11.8 Å². The molecule has 0 amide bonds. The SMILES string of the molecule is CSCCNCC(C)N(C)C. The highest BCUT2D eigenvalue weighted by Crippen LogP contribution is 1.90. The zero-order valence-electron chi connectivity index (χ0n) is 8.05. The monoisotopic (exact) mass is 176 g/mol. The van der Waals surface area contributed by atoms with Crippen molar-refractivity contribution in [1.29, 1.82) is 0 Å². The average Bonchev–Trinajstić information content (AvgIpc) is 1.97. The lowest BCUT2D eigenvalue weighted by Crippen LogP contribution is -2.36. The topological polar surface area (TPSA) is 15.3 Å². The molecule has 0 aromatic rings. The second-order valence-electron chi connectivity index (χ2n) is 3.01. The van der Waals surface area contributed by atoms with Gasteiger partial charge < -0.3 is 10.2 Å². The summed E-state index contributed by atoms with van der Waals surface area (Å²) in [5.41, 5.74) is 0. The minimum absolute atomic E-state index is 0.636. The predicted octanol–water partition coefficient (Wildman–Crippen LogP) is 0.889. The molecule has 0 aliphatic rings. The van der Waals surface area contributed by atoms with Crippen LogP contribution in [0.2, 0.25) is 0 Å².